The number of aryl methyl sites for hydroxylation is 1. The second-order valence-corrected chi connectivity index (χ2v) is 11.6. The van der Waals surface area contributed by atoms with E-state index in [4.69, 9.17) is 11.6 Å². The van der Waals surface area contributed by atoms with Gasteiger partial charge in [-0.2, -0.15) is 4.99 Å². The molecule has 5 rings (SSSR count). The highest BCUT2D eigenvalue weighted by atomic mass is 35.5. The Morgan fingerprint density at radius 3 is 2.58 bits per heavy atom. The number of hydrogen-bond donors (Lipinski definition) is 2. The number of amides is 3. The number of nitrogens with one attached hydrogen (secondary N) is 2. The Morgan fingerprint density at radius 1 is 1.13 bits per heavy atom. The molecule has 1 aliphatic heterocycles. The molecule has 1 fully saturated rings. The van der Waals surface area contributed by atoms with Crippen LogP contribution in [0.2, 0.25) is 5.02 Å². The summed E-state index contributed by atoms with van der Waals surface area (Å²) in [5.41, 5.74) is 4.28. The molecule has 45 heavy (non-hydrogen) atoms. The fourth-order valence-electron chi connectivity index (χ4n) is 4.47. The number of rotatable bonds is 8. The topological polar surface area (TPSA) is 114 Å². The molecule has 10 nitrogen and oxygen atoms in total. The number of nitrogens with zero attached hydrogens (tertiary/aromatic N) is 5. The minimum atomic E-state index is -4.77. The molecule has 0 saturated carbocycles. The summed E-state index contributed by atoms with van der Waals surface area (Å²) in [5, 5.41) is 10.7. The predicted octanol–water partition coefficient (Wildman–Crippen LogP) is 7.53. The molecule has 3 amide bonds. The van der Waals surface area contributed by atoms with Crippen molar-refractivity contribution < 1.29 is 27.5 Å². The number of alkyl halides is 3. The highest BCUT2D eigenvalue weighted by Crippen LogP contribution is 2.34. The van der Waals surface area contributed by atoms with Crippen LogP contribution in [0.4, 0.5) is 35.3 Å². The van der Waals surface area contributed by atoms with Crippen molar-refractivity contribution in [3.63, 3.8) is 0 Å². The Kier molecular flexibility index (Phi) is 9.34. The van der Waals surface area contributed by atoms with Crippen molar-refractivity contribution in [2.24, 2.45) is 4.99 Å². The fraction of sp³-hybridized carbons (Fsp3) is 0.233. The molecule has 234 valence electrons. The summed E-state index contributed by atoms with van der Waals surface area (Å²) in [6, 6.07) is 15.4. The number of hydrogen-bond acceptors (Lipinski definition) is 7. The first kappa shape index (κ1) is 31.9. The molecule has 3 aromatic carbocycles. The molecule has 2 N–H and O–H groups in total. The zero-order chi connectivity index (χ0) is 32.3. The Morgan fingerprint density at radius 2 is 1.89 bits per heavy atom. The van der Waals surface area contributed by atoms with Gasteiger partial charge in [-0.15, -0.1) is 18.3 Å². The number of ether oxygens (including phenoxy) is 1. The van der Waals surface area contributed by atoms with Crippen molar-refractivity contribution in [1.29, 1.82) is 0 Å². The summed E-state index contributed by atoms with van der Waals surface area (Å²) in [6.07, 6.45) is -3.37. The quantitative estimate of drug-likeness (QED) is 0.201. The molecule has 0 aliphatic carbocycles. The van der Waals surface area contributed by atoms with E-state index in [0.717, 1.165) is 16.8 Å². The molecule has 1 aliphatic rings. The van der Waals surface area contributed by atoms with Crippen LogP contribution >= 0.6 is 23.4 Å². The maximum absolute atomic E-state index is 12.9. The number of thioether (sulfide) groups is 1. The zero-order valence-corrected chi connectivity index (χ0v) is 25.8. The lowest BCUT2D eigenvalue weighted by Gasteiger charge is -2.22. The highest BCUT2D eigenvalue weighted by Gasteiger charge is 2.33. The van der Waals surface area contributed by atoms with E-state index in [0.29, 0.717) is 27.1 Å². The van der Waals surface area contributed by atoms with E-state index < -0.39 is 12.4 Å². The molecule has 0 bridgehead atoms. The molecule has 1 saturated heterocycles. The monoisotopic (exact) mass is 657 g/mol. The number of halogens is 4. The van der Waals surface area contributed by atoms with E-state index in [9.17, 15) is 22.8 Å². The summed E-state index contributed by atoms with van der Waals surface area (Å²) < 4.78 is 42.4. The molecule has 15 heteroatoms. The third-order valence-electron chi connectivity index (χ3n) is 6.58. The minimum Gasteiger partial charge on any atom is -0.406 e. The lowest BCUT2D eigenvalue weighted by atomic mass is 9.99. The molecule has 0 spiro atoms. The van der Waals surface area contributed by atoms with Crippen LogP contribution < -0.4 is 20.3 Å². The first-order valence-electron chi connectivity index (χ1n) is 13.6. The normalized spacial score (nSPS) is 14.4. The highest BCUT2D eigenvalue weighted by molar-refractivity contribution is 8.15. The smallest absolute Gasteiger partial charge is 0.406 e. The van der Waals surface area contributed by atoms with Crippen LogP contribution in [0.15, 0.2) is 72.0 Å². The van der Waals surface area contributed by atoms with Crippen molar-refractivity contribution in [2.45, 2.75) is 39.6 Å². The van der Waals surface area contributed by atoms with E-state index in [-0.39, 0.29) is 35.8 Å². The van der Waals surface area contributed by atoms with Crippen molar-refractivity contribution in [3.8, 4) is 11.4 Å². The SMILES string of the molecule is Cc1ccc(C(C)C)c(N2C(=O)CS/C2=N\C(=O)Nc2ccc(CNc3ncn(-c4ccc(OC(F)(F)F)cc4)n3)c(Cl)c2)c1. The summed E-state index contributed by atoms with van der Waals surface area (Å²) in [7, 11) is 0. The second-order valence-electron chi connectivity index (χ2n) is 10.3. The maximum atomic E-state index is 12.9. The standard InChI is InChI=1S/C30H27ClF3N7O3S/c1-17(2)23-11-4-18(3)12-25(23)41-26(42)15-45-29(41)38-28(43)37-20-6-5-19(24(31)13-20)14-35-27-36-16-40(39-27)21-7-9-22(10-8-21)44-30(32,33)34/h4-13,16-17H,14-15H2,1-3H3,(H,35,39)(H,37,43)/b38-29-. The summed E-state index contributed by atoms with van der Waals surface area (Å²) in [4.78, 5) is 35.5. The summed E-state index contributed by atoms with van der Waals surface area (Å²) >= 11 is 7.68. The number of aromatic nitrogens is 3. The average molecular weight is 658 g/mol. The third kappa shape index (κ3) is 7.94. The number of carbonyl (C=O) groups excluding carboxylic acids is 2. The third-order valence-corrected chi connectivity index (χ3v) is 7.85. The van der Waals surface area contributed by atoms with E-state index >= 15 is 0 Å². The number of aliphatic imine (C=N–C) groups is 1. The van der Waals surface area contributed by atoms with Gasteiger partial charge in [-0.3, -0.25) is 9.69 Å². The van der Waals surface area contributed by atoms with Gasteiger partial charge in [0.1, 0.15) is 12.1 Å². The van der Waals surface area contributed by atoms with Crippen molar-refractivity contribution in [2.75, 3.05) is 21.3 Å². The molecule has 4 aromatic rings. The molecule has 0 radical (unpaired) electrons. The summed E-state index contributed by atoms with van der Waals surface area (Å²) in [5.74, 6) is 0.118. The minimum absolute atomic E-state index is 0.147. The predicted molar refractivity (Wildman–Crippen MR) is 168 cm³/mol. The fourth-order valence-corrected chi connectivity index (χ4v) is 5.57. The van der Waals surface area contributed by atoms with Gasteiger partial charge in [0.25, 0.3) is 0 Å². The molecule has 2 heterocycles. The Labute approximate surface area is 265 Å². The van der Waals surface area contributed by atoms with Crippen molar-refractivity contribution in [3.05, 3.63) is 88.7 Å². The number of urea groups is 1. The number of carbonyl (C=O) groups is 2. The van der Waals surface area contributed by atoms with Gasteiger partial charge >= 0.3 is 12.4 Å². The maximum Gasteiger partial charge on any atom is 0.573 e. The van der Waals surface area contributed by atoms with Crippen LogP contribution in [-0.4, -0.2) is 44.0 Å². The average Bonchev–Trinajstić information content (AvgIpc) is 3.58. The van der Waals surface area contributed by atoms with Crippen LogP contribution in [0.1, 0.15) is 36.5 Å². The van der Waals surface area contributed by atoms with Gasteiger partial charge in [-0.05, 0) is 72.0 Å². The van der Waals surface area contributed by atoms with Crippen LogP contribution in [0.3, 0.4) is 0 Å². The van der Waals surface area contributed by atoms with Crippen molar-refractivity contribution in [1.82, 2.24) is 14.8 Å². The van der Waals surface area contributed by atoms with Gasteiger partial charge in [-0.1, -0.05) is 55.4 Å². The van der Waals surface area contributed by atoms with Gasteiger partial charge in [-0.25, -0.2) is 14.5 Å². The first-order valence-corrected chi connectivity index (χ1v) is 15.0. The number of amidine groups is 1. The Balaban J connectivity index is 1.21. The van der Waals surface area contributed by atoms with Gasteiger partial charge in [0.2, 0.25) is 11.9 Å². The van der Waals surface area contributed by atoms with Crippen LogP contribution in [0.25, 0.3) is 5.69 Å². The van der Waals surface area contributed by atoms with Crippen LogP contribution in [0.5, 0.6) is 5.75 Å². The molecular formula is C30H27ClF3N7O3S. The second kappa shape index (κ2) is 13.2. The Bertz CT molecular complexity index is 1760. The van der Waals surface area contributed by atoms with Gasteiger partial charge in [0.05, 0.1) is 17.1 Å². The Hall–Kier alpha value is -4.56. The lowest BCUT2D eigenvalue weighted by Crippen LogP contribution is -2.31. The van der Waals surface area contributed by atoms with Gasteiger partial charge < -0.3 is 15.4 Å². The van der Waals surface area contributed by atoms with Crippen LogP contribution in [-0.2, 0) is 11.3 Å². The largest absolute Gasteiger partial charge is 0.573 e. The number of anilines is 3. The van der Waals surface area contributed by atoms with Crippen molar-refractivity contribution >= 4 is 57.8 Å². The first-order chi connectivity index (χ1) is 21.4. The number of benzene rings is 3. The van der Waals surface area contributed by atoms with E-state index in [2.05, 4.69) is 30.4 Å². The van der Waals surface area contributed by atoms with Gasteiger partial charge in [0.15, 0.2) is 5.17 Å². The lowest BCUT2D eigenvalue weighted by molar-refractivity contribution is -0.274. The van der Waals surface area contributed by atoms with Crippen LogP contribution in [0, 0.1) is 6.92 Å². The molecule has 0 unspecified atom stereocenters. The van der Waals surface area contributed by atoms with Gasteiger partial charge in [0, 0.05) is 17.3 Å². The van der Waals surface area contributed by atoms with E-state index in [1.54, 1.807) is 18.2 Å². The van der Waals surface area contributed by atoms with E-state index in [1.165, 1.54) is 51.9 Å². The molecule has 1 aromatic heterocycles. The zero-order valence-electron chi connectivity index (χ0n) is 24.2. The van der Waals surface area contributed by atoms with E-state index in [1.807, 2.05) is 39.0 Å². The summed E-state index contributed by atoms with van der Waals surface area (Å²) in [6.45, 7) is 6.28. The molecular weight excluding hydrogens is 631 g/mol. The molecule has 0 atom stereocenters.